The van der Waals surface area contributed by atoms with Crippen molar-refractivity contribution in [2.45, 2.75) is 0 Å². The number of fused-ring (bicyclic) bond motifs is 1. The van der Waals surface area contributed by atoms with Gasteiger partial charge in [-0.3, -0.25) is 0 Å². The minimum absolute atomic E-state index is 0.0565. The van der Waals surface area contributed by atoms with Gasteiger partial charge < -0.3 is 19.9 Å². The Bertz CT molecular complexity index is 1150. The van der Waals surface area contributed by atoms with Gasteiger partial charge >= 0.3 is 11.9 Å². The number of aromatic hydroxyl groups is 1. The number of benzene rings is 2. The van der Waals surface area contributed by atoms with Gasteiger partial charge in [0.15, 0.2) is 0 Å². The summed E-state index contributed by atoms with van der Waals surface area (Å²) in [6.45, 7) is 0. The number of anilines is 1. The number of ether oxygens (including phenoxy) is 2. The first kappa shape index (κ1) is 20.6. The zero-order valence-electron chi connectivity index (χ0n) is 16.5. The quantitative estimate of drug-likeness (QED) is 0.477. The van der Waals surface area contributed by atoms with Crippen molar-refractivity contribution in [2.75, 3.05) is 19.5 Å². The molecule has 3 rings (SSSR count). The largest absolute Gasteiger partial charge is 0.506 e. The molecule has 0 aliphatic heterocycles. The first-order valence-electron chi connectivity index (χ1n) is 9.02. The molecule has 0 atom stereocenters. The van der Waals surface area contributed by atoms with Gasteiger partial charge in [-0.15, -0.1) is 0 Å². The predicted molar refractivity (Wildman–Crippen MR) is 115 cm³/mol. The van der Waals surface area contributed by atoms with Crippen LogP contribution in [-0.2, 0) is 19.1 Å². The Kier molecular flexibility index (Phi) is 6.44. The lowest BCUT2D eigenvalue weighted by atomic mass is 10.1. The number of pyridine rings is 1. The third-order valence-electron chi connectivity index (χ3n) is 4.25. The number of phenolic OH excluding ortho intramolecular Hbond substituents is 1. The van der Waals surface area contributed by atoms with Crippen LogP contribution in [0.15, 0.2) is 66.4 Å². The smallest absolute Gasteiger partial charge is 0.354 e. The van der Waals surface area contributed by atoms with E-state index in [0.717, 1.165) is 17.0 Å². The van der Waals surface area contributed by atoms with E-state index in [1.807, 2.05) is 36.4 Å². The van der Waals surface area contributed by atoms with E-state index in [1.165, 1.54) is 14.2 Å². The molecule has 0 amide bonds. The molecule has 3 aromatic rings. The predicted octanol–water partition coefficient (Wildman–Crippen LogP) is 3.75. The van der Waals surface area contributed by atoms with E-state index in [0.29, 0.717) is 16.9 Å². The molecule has 2 aromatic carbocycles. The molecular formula is C23H20N2O5. The number of carbonyl (C=O) groups is 2. The molecule has 7 nitrogen and oxygen atoms in total. The fourth-order valence-electron chi connectivity index (χ4n) is 2.75. The second kappa shape index (κ2) is 9.38. The van der Waals surface area contributed by atoms with Crippen LogP contribution in [-0.4, -0.2) is 36.2 Å². The Morgan fingerprint density at radius 2 is 1.77 bits per heavy atom. The summed E-state index contributed by atoms with van der Waals surface area (Å²) in [5.74, 6) is -1.28. The van der Waals surface area contributed by atoms with Gasteiger partial charge in [-0.2, -0.15) is 0 Å². The molecule has 1 heterocycles. The van der Waals surface area contributed by atoms with Crippen molar-refractivity contribution in [3.63, 3.8) is 0 Å². The number of para-hydroxylation sites is 2. The molecule has 0 unspecified atom stereocenters. The Hall–Kier alpha value is -4.13. The maximum absolute atomic E-state index is 12.0. The van der Waals surface area contributed by atoms with Crippen molar-refractivity contribution in [3.8, 4) is 5.75 Å². The van der Waals surface area contributed by atoms with Gasteiger partial charge in [0.2, 0.25) is 0 Å². The Labute approximate surface area is 173 Å². The van der Waals surface area contributed by atoms with E-state index in [4.69, 9.17) is 4.74 Å². The van der Waals surface area contributed by atoms with Crippen LogP contribution in [0, 0.1) is 0 Å². The summed E-state index contributed by atoms with van der Waals surface area (Å²) >= 11 is 0. The number of nitrogens with one attached hydrogen (secondary N) is 1. The fourth-order valence-corrected chi connectivity index (χ4v) is 2.75. The first-order chi connectivity index (χ1) is 14.5. The summed E-state index contributed by atoms with van der Waals surface area (Å²) < 4.78 is 9.31. The summed E-state index contributed by atoms with van der Waals surface area (Å²) in [5.41, 5.74) is 2.44. The molecule has 7 heteroatoms. The number of aromatic nitrogens is 1. The SMILES string of the molecule is COC(=O)/C=C(/Nc1ccccc1C=Cc1ccc2cccc(O)c2n1)C(=O)OC. The molecule has 0 radical (unpaired) electrons. The minimum Gasteiger partial charge on any atom is -0.506 e. The lowest BCUT2D eigenvalue weighted by Crippen LogP contribution is -2.15. The molecule has 0 bridgehead atoms. The van der Waals surface area contributed by atoms with Crippen molar-refractivity contribution in [2.24, 2.45) is 0 Å². The zero-order valence-corrected chi connectivity index (χ0v) is 16.5. The second-order valence-electron chi connectivity index (χ2n) is 6.20. The average molecular weight is 404 g/mol. The molecule has 30 heavy (non-hydrogen) atoms. The standard InChI is InChI=1S/C23H20N2O5/c1-29-21(27)14-19(23(28)30-2)25-18-8-4-3-6-15(18)10-12-17-13-11-16-7-5-9-20(26)22(16)24-17/h3-14,25-26H,1-2H3/b12-10?,19-14+. The summed E-state index contributed by atoms with van der Waals surface area (Å²) in [6.07, 6.45) is 4.62. The molecule has 0 spiro atoms. The van der Waals surface area contributed by atoms with E-state index < -0.39 is 11.9 Å². The van der Waals surface area contributed by atoms with Crippen LogP contribution in [0.25, 0.3) is 23.1 Å². The lowest BCUT2D eigenvalue weighted by molar-refractivity contribution is -0.138. The molecule has 0 aliphatic rings. The highest BCUT2D eigenvalue weighted by atomic mass is 16.5. The van der Waals surface area contributed by atoms with Gasteiger partial charge in [-0.1, -0.05) is 42.5 Å². The first-order valence-corrected chi connectivity index (χ1v) is 9.02. The minimum atomic E-state index is -0.703. The topological polar surface area (TPSA) is 97.8 Å². The van der Waals surface area contributed by atoms with Crippen LogP contribution in [0.1, 0.15) is 11.3 Å². The Morgan fingerprint density at radius 1 is 0.967 bits per heavy atom. The highest BCUT2D eigenvalue weighted by molar-refractivity contribution is 5.99. The van der Waals surface area contributed by atoms with Gasteiger partial charge in [0.25, 0.3) is 0 Å². The van der Waals surface area contributed by atoms with Crippen LogP contribution in [0.5, 0.6) is 5.75 Å². The van der Waals surface area contributed by atoms with Crippen LogP contribution in [0.3, 0.4) is 0 Å². The molecule has 1 aromatic heterocycles. The van der Waals surface area contributed by atoms with Crippen LogP contribution in [0.2, 0.25) is 0 Å². The van der Waals surface area contributed by atoms with Gasteiger partial charge in [0, 0.05) is 11.1 Å². The van der Waals surface area contributed by atoms with Crippen molar-refractivity contribution >= 4 is 40.7 Å². The molecule has 2 N–H and O–H groups in total. The highest BCUT2D eigenvalue weighted by Gasteiger charge is 2.14. The summed E-state index contributed by atoms with van der Waals surface area (Å²) in [7, 11) is 2.44. The number of esters is 2. The third-order valence-corrected chi connectivity index (χ3v) is 4.25. The maximum atomic E-state index is 12.0. The summed E-state index contributed by atoms with van der Waals surface area (Å²) in [4.78, 5) is 28.0. The van der Waals surface area contributed by atoms with Gasteiger partial charge in [-0.05, 0) is 29.8 Å². The number of hydrogen-bond acceptors (Lipinski definition) is 7. The monoisotopic (exact) mass is 404 g/mol. The van der Waals surface area contributed by atoms with Crippen LogP contribution in [0.4, 0.5) is 5.69 Å². The van der Waals surface area contributed by atoms with Gasteiger partial charge in [0.1, 0.15) is 17.0 Å². The van der Waals surface area contributed by atoms with E-state index in [1.54, 1.807) is 30.3 Å². The van der Waals surface area contributed by atoms with Crippen molar-refractivity contribution in [3.05, 3.63) is 77.6 Å². The van der Waals surface area contributed by atoms with Crippen molar-refractivity contribution < 1.29 is 24.2 Å². The van der Waals surface area contributed by atoms with Gasteiger partial charge in [0.05, 0.1) is 26.0 Å². The van der Waals surface area contributed by atoms with Crippen molar-refractivity contribution in [1.82, 2.24) is 4.98 Å². The van der Waals surface area contributed by atoms with Crippen LogP contribution < -0.4 is 5.32 Å². The number of methoxy groups -OCH3 is 2. The Morgan fingerprint density at radius 3 is 2.53 bits per heavy atom. The molecule has 0 aliphatic carbocycles. The molecule has 152 valence electrons. The second-order valence-corrected chi connectivity index (χ2v) is 6.20. The molecule has 0 saturated heterocycles. The maximum Gasteiger partial charge on any atom is 0.354 e. The van der Waals surface area contributed by atoms with Gasteiger partial charge in [-0.25, -0.2) is 14.6 Å². The fraction of sp³-hybridized carbons (Fsp3) is 0.0870. The summed E-state index contributed by atoms with van der Waals surface area (Å²) in [5, 5.41) is 13.8. The molecular weight excluding hydrogens is 384 g/mol. The Balaban J connectivity index is 1.91. The van der Waals surface area contributed by atoms with Crippen molar-refractivity contribution in [1.29, 1.82) is 0 Å². The zero-order chi connectivity index (χ0) is 21.5. The van der Waals surface area contributed by atoms with E-state index >= 15 is 0 Å². The van der Waals surface area contributed by atoms with E-state index in [2.05, 4.69) is 15.0 Å². The van der Waals surface area contributed by atoms with E-state index in [-0.39, 0.29) is 11.4 Å². The normalized spacial score (nSPS) is 11.5. The average Bonchev–Trinajstić information content (AvgIpc) is 2.77. The number of hydrogen-bond donors (Lipinski definition) is 2. The number of nitrogens with zero attached hydrogens (tertiary/aromatic N) is 1. The third kappa shape index (κ3) is 4.82. The summed E-state index contributed by atoms with van der Waals surface area (Å²) in [6, 6.07) is 16.2. The number of phenols is 1. The molecule has 0 saturated carbocycles. The number of rotatable bonds is 6. The van der Waals surface area contributed by atoms with E-state index in [9.17, 15) is 14.7 Å². The highest BCUT2D eigenvalue weighted by Crippen LogP contribution is 2.24. The number of carbonyl (C=O) groups excluding carboxylic acids is 2. The van der Waals surface area contributed by atoms with Crippen LogP contribution >= 0.6 is 0 Å². The molecule has 0 fully saturated rings. The lowest BCUT2D eigenvalue weighted by Gasteiger charge is -2.11.